The van der Waals surface area contributed by atoms with Gasteiger partial charge in [0.25, 0.3) is 5.92 Å². The Balaban J connectivity index is 0.811. The SMILES string of the molecule is O=C(N1CC(C23CC(C(F)(F)c4ccc(C(F)(F)F)cc4)(C2)C3)C1)N1CC2(CC(c3nc(C4CC4)n[nH]3)C2)C1. The van der Waals surface area contributed by atoms with Gasteiger partial charge in [0, 0.05) is 54.4 Å². The largest absolute Gasteiger partial charge is 0.416 e. The molecule has 0 atom stereocenters. The van der Waals surface area contributed by atoms with Crippen molar-refractivity contribution in [3.63, 3.8) is 0 Å². The zero-order chi connectivity index (χ0) is 27.0. The van der Waals surface area contributed by atoms with E-state index in [1.807, 2.05) is 9.80 Å². The molecular formula is C28H30F5N5O. The van der Waals surface area contributed by atoms with E-state index in [-0.39, 0.29) is 28.3 Å². The molecule has 11 heteroatoms. The Morgan fingerprint density at radius 1 is 0.897 bits per heavy atom. The van der Waals surface area contributed by atoms with Crippen molar-refractivity contribution >= 4 is 6.03 Å². The maximum absolute atomic E-state index is 15.3. The van der Waals surface area contributed by atoms with Crippen molar-refractivity contribution in [3.8, 4) is 0 Å². The molecule has 7 fully saturated rings. The molecule has 1 spiro atoms. The Morgan fingerprint density at radius 3 is 2.10 bits per heavy atom. The van der Waals surface area contributed by atoms with Crippen molar-refractivity contribution in [1.82, 2.24) is 25.0 Å². The van der Waals surface area contributed by atoms with Crippen LogP contribution in [0.4, 0.5) is 26.7 Å². The van der Waals surface area contributed by atoms with Crippen molar-refractivity contribution in [2.45, 2.75) is 68.9 Å². The number of carbonyl (C=O) groups is 1. The maximum Gasteiger partial charge on any atom is 0.416 e. The third-order valence-electron chi connectivity index (χ3n) is 10.9. The Hall–Kier alpha value is -2.72. The number of rotatable bonds is 5. The van der Waals surface area contributed by atoms with E-state index in [0.717, 1.165) is 61.8 Å². The van der Waals surface area contributed by atoms with Gasteiger partial charge in [0.1, 0.15) is 5.82 Å². The van der Waals surface area contributed by atoms with E-state index in [9.17, 15) is 18.0 Å². The number of carbonyl (C=O) groups excluding carboxylic acids is 1. The average Bonchev–Trinajstić information content (AvgIpc) is 3.48. The lowest BCUT2D eigenvalue weighted by molar-refractivity contribution is -0.347. The standard InChI is InChI=1S/C28H30F5N5O/c29-27(30,18-3-5-19(6-4-18)28(31,32)33)26-11-25(12-26,13-26)20-9-37(10-20)23(39)38-14-24(15-38)7-17(8-24)22-34-21(35-36-22)16-1-2-16/h3-6,16-17,20H,1-2,7-15H2,(H,34,35,36). The van der Waals surface area contributed by atoms with Crippen molar-refractivity contribution in [2.24, 2.45) is 22.2 Å². The van der Waals surface area contributed by atoms with Crippen LogP contribution in [0, 0.1) is 22.2 Å². The summed E-state index contributed by atoms with van der Waals surface area (Å²) in [6.07, 6.45) is 0.982. The van der Waals surface area contributed by atoms with Crippen LogP contribution in [0.1, 0.15) is 79.6 Å². The fourth-order valence-electron chi connectivity index (χ4n) is 8.36. The molecule has 3 heterocycles. The van der Waals surface area contributed by atoms with Gasteiger partial charge >= 0.3 is 12.2 Å². The number of urea groups is 1. The number of aromatic nitrogens is 3. The normalized spacial score (nSPS) is 31.7. The van der Waals surface area contributed by atoms with Gasteiger partial charge < -0.3 is 9.80 Å². The number of amides is 2. The molecule has 1 aromatic heterocycles. The van der Waals surface area contributed by atoms with E-state index in [4.69, 9.17) is 0 Å². The van der Waals surface area contributed by atoms with Gasteiger partial charge in [0.2, 0.25) is 0 Å². The summed E-state index contributed by atoms with van der Waals surface area (Å²) >= 11 is 0. The zero-order valence-electron chi connectivity index (χ0n) is 21.4. The molecule has 2 aromatic rings. The van der Waals surface area contributed by atoms with Gasteiger partial charge in [-0.3, -0.25) is 5.10 Å². The van der Waals surface area contributed by atoms with Crippen LogP contribution >= 0.6 is 0 Å². The van der Waals surface area contributed by atoms with Gasteiger partial charge in [0.15, 0.2) is 5.82 Å². The number of benzene rings is 1. The summed E-state index contributed by atoms with van der Waals surface area (Å²) in [7, 11) is 0. The summed E-state index contributed by atoms with van der Waals surface area (Å²) in [5.74, 6) is -0.0713. The van der Waals surface area contributed by atoms with Gasteiger partial charge in [-0.25, -0.2) is 18.6 Å². The summed E-state index contributed by atoms with van der Waals surface area (Å²) in [6, 6.07) is 3.36. The summed E-state index contributed by atoms with van der Waals surface area (Å²) in [4.78, 5) is 21.4. The molecule has 39 heavy (non-hydrogen) atoms. The second kappa shape index (κ2) is 7.32. The summed E-state index contributed by atoms with van der Waals surface area (Å²) in [6.45, 7) is 2.74. The number of aromatic amines is 1. The number of H-pyrrole nitrogens is 1. The first kappa shape index (κ1) is 24.1. The van der Waals surface area contributed by atoms with E-state index < -0.39 is 23.1 Å². The molecular weight excluding hydrogens is 517 g/mol. The monoisotopic (exact) mass is 547 g/mol. The Labute approximate surface area is 222 Å². The molecule has 0 unspecified atom stereocenters. The number of nitrogens with zero attached hydrogens (tertiary/aromatic N) is 4. The highest BCUT2D eigenvalue weighted by atomic mass is 19.4. The molecule has 2 bridgehead atoms. The molecule has 7 aliphatic rings. The number of alkyl halides is 5. The fraction of sp³-hybridized carbons (Fsp3) is 0.679. The molecule has 0 radical (unpaired) electrons. The van der Waals surface area contributed by atoms with E-state index in [2.05, 4.69) is 15.2 Å². The van der Waals surface area contributed by atoms with Crippen molar-refractivity contribution in [1.29, 1.82) is 0 Å². The second-order valence-corrected chi connectivity index (χ2v) is 13.5. The highest BCUT2D eigenvalue weighted by Crippen LogP contribution is 2.82. The lowest BCUT2D eigenvalue weighted by Gasteiger charge is -2.77. The van der Waals surface area contributed by atoms with E-state index >= 15 is 8.78 Å². The second-order valence-electron chi connectivity index (χ2n) is 13.5. The maximum atomic E-state index is 15.3. The van der Waals surface area contributed by atoms with Crippen molar-refractivity contribution < 1.29 is 26.7 Å². The summed E-state index contributed by atoms with van der Waals surface area (Å²) < 4.78 is 69.1. The van der Waals surface area contributed by atoms with Gasteiger partial charge in [-0.15, -0.1) is 0 Å². The molecule has 5 aliphatic carbocycles. The highest BCUT2D eigenvalue weighted by Gasteiger charge is 2.79. The van der Waals surface area contributed by atoms with Crippen LogP contribution in [0.25, 0.3) is 0 Å². The number of likely N-dealkylation sites (tertiary alicyclic amines) is 2. The minimum atomic E-state index is -4.55. The minimum Gasteiger partial charge on any atom is -0.324 e. The Bertz CT molecular complexity index is 1310. The molecule has 1 N–H and O–H groups in total. The van der Waals surface area contributed by atoms with Crippen LogP contribution in [-0.2, 0) is 12.1 Å². The van der Waals surface area contributed by atoms with E-state index in [1.165, 1.54) is 12.8 Å². The number of nitrogens with one attached hydrogen (secondary N) is 1. The van der Waals surface area contributed by atoms with Gasteiger partial charge in [-0.1, -0.05) is 12.1 Å². The Kier molecular flexibility index (Phi) is 4.52. The van der Waals surface area contributed by atoms with E-state index in [0.29, 0.717) is 44.2 Å². The number of hydrogen-bond donors (Lipinski definition) is 1. The smallest absolute Gasteiger partial charge is 0.324 e. The van der Waals surface area contributed by atoms with Crippen LogP contribution in [-0.4, -0.2) is 57.2 Å². The lowest BCUT2D eigenvalue weighted by atomic mass is 9.29. The van der Waals surface area contributed by atoms with Crippen molar-refractivity contribution in [2.75, 3.05) is 26.2 Å². The molecule has 2 amide bonds. The minimum absolute atomic E-state index is 0.0485. The highest BCUT2D eigenvalue weighted by molar-refractivity contribution is 5.76. The third kappa shape index (κ3) is 3.33. The molecule has 208 valence electrons. The number of halogens is 5. The van der Waals surface area contributed by atoms with Gasteiger partial charge in [-0.2, -0.15) is 18.3 Å². The first-order valence-electron chi connectivity index (χ1n) is 13.9. The van der Waals surface area contributed by atoms with Crippen molar-refractivity contribution in [3.05, 3.63) is 47.0 Å². The summed E-state index contributed by atoms with van der Waals surface area (Å²) in [5, 5.41) is 7.47. The average molecular weight is 548 g/mol. The predicted octanol–water partition coefficient (Wildman–Crippen LogP) is 5.89. The van der Waals surface area contributed by atoms with Crippen LogP contribution in [0.15, 0.2) is 24.3 Å². The van der Waals surface area contributed by atoms with Crippen LogP contribution in [0.5, 0.6) is 0 Å². The number of hydrogen-bond acceptors (Lipinski definition) is 3. The van der Waals surface area contributed by atoms with Crippen LogP contribution in [0.2, 0.25) is 0 Å². The molecule has 2 aliphatic heterocycles. The summed E-state index contributed by atoms with van der Waals surface area (Å²) in [5.41, 5.74) is -2.38. The Morgan fingerprint density at radius 2 is 1.51 bits per heavy atom. The first-order valence-corrected chi connectivity index (χ1v) is 13.9. The zero-order valence-corrected chi connectivity index (χ0v) is 21.4. The van der Waals surface area contributed by atoms with E-state index in [1.54, 1.807) is 0 Å². The molecule has 6 nitrogen and oxygen atoms in total. The van der Waals surface area contributed by atoms with Gasteiger partial charge in [0.05, 0.1) is 5.56 Å². The molecule has 1 aromatic carbocycles. The fourth-order valence-corrected chi connectivity index (χ4v) is 8.36. The topological polar surface area (TPSA) is 65.1 Å². The predicted molar refractivity (Wildman–Crippen MR) is 129 cm³/mol. The van der Waals surface area contributed by atoms with Crippen LogP contribution < -0.4 is 0 Å². The van der Waals surface area contributed by atoms with Crippen LogP contribution in [0.3, 0.4) is 0 Å². The van der Waals surface area contributed by atoms with Gasteiger partial charge in [-0.05, 0) is 68.4 Å². The molecule has 5 saturated carbocycles. The first-order chi connectivity index (χ1) is 18.4. The molecule has 9 rings (SSSR count). The quantitative estimate of drug-likeness (QED) is 0.475. The molecule has 2 saturated heterocycles. The lowest BCUT2D eigenvalue weighted by Crippen LogP contribution is -2.76. The third-order valence-corrected chi connectivity index (χ3v) is 10.9.